The zero-order chi connectivity index (χ0) is 13.2. The third-order valence-electron chi connectivity index (χ3n) is 2.93. The van der Waals surface area contributed by atoms with Gasteiger partial charge in [-0.2, -0.15) is 0 Å². The number of thiazole rings is 1. The van der Waals surface area contributed by atoms with Gasteiger partial charge >= 0.3 is 0 Å². The minimum Gasteiger partial charge on any atom is -0.311 e. The van der Waals surface area contributed by atoms with E-state index in [9.17, 15) is 4.79 Å². The quantitative estimate of drug-likeness (QED) is 0.782. The van der Waals surface area contributed by atoms with Crippen LogP contribution in [0.3, 0.4) is 0 Å². The van der Waals surface area contributed by atoms with E-state index in [-0.39, 0.29) is 5.91 Å². The van der Waals surface area contributed by atoms with Gasteiger partial charge in [-0.15, -0.1) is 11.3 Å². The molecule has 2 heterocycles. The van der Waals surface area contributed by atoms with Crippen LogP contribution in [0, 0.1) is 3.57 Å². The van der Waals surface area contributed by atoms with Crippen molar-refractivity contribution in [2.45, 2.75) is 13.0 Å². The Hall–Kier alpha value is -0.990. The second-order valence-electron chi connectivity index (χ2n) is 4.28. The van der Waals surface area contributed by atoms with Gasteiger partial charge in [-0.05, 0) is 46.9 Å². The average Bonchev–Trinajstić information content (AvgIpc) is 2.81. The van der Waals surface area contributed by atoms with Crippen molar-refractivity contribution in [1.82, 2.24) is 10.3 Å². The normalized spacial score (nSPS) is 13.9. The molecule has 0 saturated carbocycles. The zero-order valence-electron chi connectivity index (χ0n) is 10.1. The number of hydrogen-bond donors (Lipinski definition) is 2. The highest BCUT2D eigenvalue weighted by Gasteiger charge is 2.16. The molecule has 0 fully saturated rings. The van der Waals surface area contributed by atoms with Crippen molar-refractivity contribution < 1.29 is 4.79 Å². The van der Waals surface area contributed by atoms with E-state index in [1.807, 2.05) is 24.3 Å². The molecular formula is C13H12IN3OS. The Morgan fingerprint density at radius 2 is 2.16 bits per heavy atom. The molecule has 2 aromatic rings. The van der Waals surface area contributed by atoms with Gasteiger partial charge in [0.05, 0.1) is 5.69 Å². The van der Waals surface area contributed by atoms with Crippen molar-refractivity contribution in [3.05, 3.63) is 44.0 Å². The summed E-state index contributed by atoms with van der Waals surface area (Å²) in [7, 11) is 0. The fraction of sp³-hybridized carbons (Fsp3) is 0.231. The number of hydrogen-bond acceptors (Lipinski definition) is 4. The van der Waals surface area contributed by atoms with Crippen LogP contribution >= 0.6 is 33.9 Å². The zero-order valence-corrected chi connectivity index (χ0v) is 13.0. The SMILES string of the molecule is O=C(Nc1nc2c(s1)CNCC2)c1ccc(I)cc1. The van der Waals surface area contributed by atoms with Gasteiger partial charge in [0.15, 0.2) is 5.13 Å². The van der Waals surface area contributed by atoms with Gasteiger partial charge in [-0.25, -0.2) is 4.98 Å². The Morgan fingerprint density at radius 3 is 2.89 bits per heavy atom. The van der Waals surface area contributed by atoms with Gasteiger partial charge in [0.1, 0.15) is 0 Å². The monoisotopic (exact) mass is 385 g/mol. The molecule has 1 aromatic heterocycles. The molecule has 0 aliphatic carbocycles. The van der Waals surface area contributed by atoms with E-state index in [1.54, 1.807) is 11.3 Å². The lowest BCUT2D eigenvalue weighted by atomic mass is 10.2. The number of rotatable bonds is 2. The minimum absolute atomic E-state index is 0.101. The van der Waals surface area contributed by atoms with E-state index in [2.05, 4.69) is 38.2 Å². The first-order valence-corrected chi connectivity index (χ1v) is 7.88. The Labute approximate surface area is 128 Å². The molecule has 98 valence electrons. The van der Waals surface area contributed by atoms with Gasteiger partial charge in [0.25, 0.3) is 5.91 Å². The fourth-order valence-electron chi connectivity index (χ4n) is 1.95. The number of fused-ring (bicyclic) bond motifs is 1. The molecule has 1 aliphatic rings. The second kappa shape index (κ2) is 5.56. The first-order chi connectivity index (χ1) is 9.22. The molecule has 0 unspecified atom stereocenters. The molecule has 6 heteroatoms. The van der Waals surface area contributed by atoms with Gasteiger partial charge in [-0.1, -0.05) is 0 Å². The summed E-state index contributed by atoms with van der Waals surface area (Å²) >= 11 is 3.77. The topological polar surface area (TPSA) is 54.0 Å². The van der Waals surface area contributed by atoms with Crippen LogP contribution in [0.5, 0.6) is 0 Å². The molecule has 1 aliphatic heterocycles. The summed E-state index contributed by atoms with van der Waals surface area (Å²) in [5, 5.41) is 6.87. The summed E-state index contributed by atoms with van der Waals surface area (Å²) in [6, 6.07) is 7.50. The largest absolute Gasteiger partial charge is 0.311 e. The van der Waals surface area contributed by atoms with E-state index >= 15 is 0 Å². The maximum Gasteiger partial charge on any atom is 0.257 e. The lowest BCUT2D eigenvalue weighted by molar-refractivity contribution is 0.102. The van der Waals surface area contributed by atoms with Crippen LogP contribution in [0.25, 0.3) is 0 Å². The van der Waals surface area contributed by atoms with Crippen LogP contribution in [0.1, 0.15) is 20.9 Å². The molecule has 3 rings (SSSR count). The van der Waals surface area contributed by atoms with Crippen LogP contribution in [0.15, 0.2) is 24.3 Å². The number of aromatic nitrogens is 1. The predicted molar refractivity (Wildman–Crippen MR) is 84.6 cm³/mol. The number of nitrogens with zero attached hydrogens (tertiary/aromatic N) is 1. The average molecular weight is 385 g/mol. The summed E-state index contributed by atoms with van der Waals surface area (Å²) in [6.45, 7) is 1.81. The molecule has 4 nitrogen and oxygen atoms in total. The lowest BCUT2D eigenvalue weighted by Crippen LogP contribution is -2.22. The first-order valence-electron chi connectivity index (χ1n) is 5.98. The van der Waals surface area contributed by atoms with Gasteiger partial charge in [-0.3, -0.25) is 10.1 Å². The van der Waals surface area contributed by atoms with Crippen LogP contribution in [0.2, 0.25) is 0 Å². The van der Waals surface area contributed by atoms with Crippen molar-refractivity contribution in [2.24, 2.45) is 0 Å². The Morgan fingerprint density at radius 1 is 1.37 bits per heavy atom. The molecular weight excluding hydrogens is 373 g/mol. The smallest absolute Gasteiger partial charge is 0.257 e. The molecule has 0 atom stereocenters. The lowest BCUT2D eigenvalue weighted by Gasteiger charge is -2.09. The number of anilines is 1. The maximum atomic E-state index is 12.1. The second-order valence-corrected chi connectivity index (χ2v) is 6.61. The third-order valence-corrected chi connectivity index (χ3v) is 4.66. The number of carbonyl (C=O) groups is 1. The van der Waals surface area contributed by atoms with Gasteiger partial charge < -0.3 is 5.32 Å². The molecule has 1 amide bonds. The number of carbonyl (C=O) groups excluding carboxylic acids is 1. The number of nitrogens with one attached hydrogen (secondary N) is 2. The predicted octanol–water partition coefficient (Wildman–Crippen LogP) is 2.65. The van der Waals surface area contributed by atoms with E-state index in [0.717, 1.165) is 28.8 Å². The molecule has 2 N–H and O–H groups in total. The maximum absolute atomic E-state index is 12.1. The van der Waals surface area contributed by atoms with Crippen LogP contribution < -0.4 is 10.6 Å². The summed E-state index contributed by atoms with van der Waals surface area (Å²) in [6.07, 6.45) is 0.936. The van der Waals surface area contributed by atoms with E-state index in [0.29, 0.717) is 10.7 Å². The van der Waals surface area contributed by atoms with Crippen LogP contribution in [-0.2, 0) is 13.0 Å². The molecule has 0 saturated heterocycles. The van der Waals surface area contributed by atoms with Crippen molar-refractivity contribution in [1.29, 1.82) is 0 Å². The standard InChI is InChI=1S/C13H12IN3OS/c14-9-3-1-8(2-4-9)12(18)17-13-16-10-5-6-15-7-11(10)19-13/h1-4,15H,5-7H2,(H,16,17,18). The van der Waals surface area contributed by atoms with Crippen molar-refractivity contribution in [3.8, 4) is 0 Å². The fourth-order valence-corrected chi connectivity index (χ4v) is 3.28. The van der Waals surface area contributed by atoms with Crippen LogP contribution in [-0.4, -0.2) is 17.4 Å². The molecule has 1 aromatic carbocycles. The van der Waals surface area contributed by atoms with E-state index in [1.165, 1.54) is 4.88 Å². The molecule has 0 radical (unpaired) electrons. The van der Waals surface area contributed by atoms with E-state index < -0.39 is 0 Å². The summed E-state index contributed by atoms with van der Waals surface area (Å²) in [4.78, 5) is 17.8. The Bertz CT molecular complexity index is 585. The summed E-state index contributed by atoms with van der Waals surface area (Å²) < 4.78 is 1.12. The molecule has 0 bridgehead atoms. The van der Waals surface area contributed by atoms with Crippen LogP contribution in [0.4, 0.5) is 5.13 Å². The van der Waals surface area contributed by atoms with E-state index in [4.69, 9.17) is 0 Å². The molecule has 19 heavy (non-hydrogen) atoms. The number of amides is 1. The third kappa shape index (κ3) is 2.96. The molecule has 0 spiro atoms. The van der Waals surface area contributed by atoms with Gasteiger partial charge in [0.2, 0.25) is 0 Å². The summed E-state index contributed by atoms with van der Waals surface area (Å²) in [5.41, 5.74) is 1.77. The number of halogens is 1. The van der Waals surface area contributed by atoms with Crippen molar-refractivity contribution >= 4 is 45.0 Å². The highest BCUT2D eigenvalue weighted by Crippen LogP contribution is 2.25. The minimum atomic E-state index is -0.101. The first kappa shape index (κ1) is 13.0. The highest BCUT2D eigenvalue weighted by molar-refractivity contribution is 14.1. The summed E-state index contributed by atoms with van der Waals surface area (Å²) in [5.74, 6) is -0.101. The van der Waals surface area contributed by atoms with Gasteiger partial charge in [0, 0.05) is 33.5 Å². The number of benzene rings is 1. The van der Waals surface area contributed by atoms with Crippen molar-refractivity contribution in [2.75, 3.05) is 11.9 Å². The Balaban J connectivity index is 1.75. The van der Waals surface area contributed by atoms with Crippen molar-refractivity contribution in [3.63, 3.8) is 0 Å². The highest BCUT2D eigenvalue weighted by atomic mass is 127. The Kier molecular flexibility index (Phi) is 3.81.